The van der Waals surface area contributed by atoms with Crippen molar-refractivity contribution in [3.05, 3.63) is 23.3 Å². The minimum absolute atomic E-state index is 0.168. The number of benzene rings is 1. The van der Waals surface area contributed by atoms with Gasteiger partial charge in [0.25, 0.3) is 0 Å². The van der Waals surface area contributed by atoms with Gasteiger partial charge in [0.1, 0.15) is 5.60 Å². The van der Waals surface area contributed by atoms with Crippen molar-refractivity contribution in [3.63, 3.8) is 0 Å². The predicted molar refractivity (Wildman–Crippen MR) is 69.7 cm³/mol. The van der Waals surface area contributed by atoms with Crippen LogP contribution in [0.25, 0.3) is 0 Å². The van der Waals surface area contributed by atoms with E-state index in [4.69, 9.17) is 9.94 Å². The first-order valence-corrected chi connectivity index (χ1v) is 6.19. The summed E-state index contributed by atoms with van der Waals surface area (Å²) in [5.74, 6) is 0.754. The quantitative estimate of drug-likeness (QED) is 0.492. The van der Waals surface area contributed by atoms with E-state index >= 15 is 0 Å². The highest BCUT2D eigenvalue weighted by Crippen LogP contribution is 2.42. The van der Waals surface area contributed by atoms with Gasteiger partial charge < -0.3 is 15.1 Å². The normalized spacial score (nSPS) is 17.4. The number of oxime groups is 1. The Bertz CT molecular complexity index is 492. The molecule has 4 nitrogen and oxygen atoms in total. The summed E-state index contributed by atoms with van der Waals surface area (Å²) in [7, 11) is 0. The molecule has 0 aliphatic carbocycles. The lowest BCUT2D eigenvalue weighted by Crippen LogP contribution is -2.24. The third kappa shape index (κ3) is 2.42. The molecule has 0 bridgehead atoms. The van der Waals surface area contributed by atoms with Gasteiger partial charge in [-0.25, -0.2) is 0 Å². The second-order valence-electron chi connectivity index (χ2n) is 5.34. The van der Waals surface area contributed by atoms with Crippen molar-refractivity contribution in [2.24, 2.45) is 5.16 Å². The van der Waals surface area contributed by atoms with Crippen LogP contribution in [0, 0.1) is 0 Å². The van der Waals surface area contributed by atoms with Gasteiger partial charge in [-0.1, -0.05) is 18.1 Å². The molecule has 1 aromatic rings. The fraction of sp³-hybridized carbons (Fsp3) is 0.500. The third-order valence-electron chi connectivity index (χ3n) is 3.16. The highest BCUT2D eigenvalue weighted by Gasteiger charge is 2.32. The average Bonchev–Trinajstić information content (AvgIpc) is 2.61. The van der Waals surface area contributed by atoms with Crippen LogP contribution in [0.2, 0.25) is 0 Å². The van der Waals surface area contributed by atoms with Crippen LogP contribution in [0.5, 0.6) is 11.5 Å². The van der Waals surface area contributed by atoms with E-state index in [9.17, 15) is 5.11 Å². The zero-order valence-electron chi connectivity index (χ0n) is 11.0. The molecule has 1 aliphatic rings. The molecule has 2 N–H and O–H groups in total. The first-order chi connectivity index (χ1) is 8.45. The largest absolute Gasteiger partial charge is 0.504 e. The zero-order valence-corrected chi connectivity index (χ0v) is 11.0. The SMILES string of the molecule is CC/C(Cc1cc(O)c2c(c1)CC(C)(C)O2)=N\O. The molecule has 0 aromatic heterocycles. The number of hydrogen-bond acceptors (Lipinski definition) is 4. The fourth-order valence-corrected chi connectivity index (χ4v) is 2.33. The van der Waals surface area contributed by atoms with E-state index in [1.54, 1.807) is 6.07 Å². The Morgan fingerprint density at radius 1 is 1.44 bits per heavy atom. The monoisotopic (exact) mass is 249 g/mol. The topological polar surface area (TPSA) is 62.0 Å². The maximum Gasteiger partial charge on any atom is 0.165 e. The standard InChI is InChI=1S/C14H19NO3/c1-4-11(15-17)6-9-5-10-8-14(2,3)18-13(10)12(16)7-9/h5,7,16-17H,4,6,8H2,1-3H3/b15-11+. The van der Waals surface area contributed by atoms with Gasteiger partial charge in [-0.05, 0) is 31.9 Å². The van der Waals surface area contributed by atoms with Gasteiger partial charge >= 0.3 is 0 Å². The Labute approximate surface area is 107 Å². The first-order valence-electron chi connectivity index (χ1n) is 6.19. The summed E-state index contributed by atoms with van der Waals surface area (Å²) in [6, 6.07) is 3.70. The highest BCUT2D eigenvalue weighted by atomic mass is 16.5. The number of ether oxygens (including phenoxy) is 1. The van der Waals surface area contributed by atoms with Crippen molar-refractivity contribution in [1.82, 2.24) is 0 Å². The summed E-state index contributed by atoms with van der Waals surface area (Å²) in [4.78, 5) is 0. The van der Waals surface area contributed by atoms with Crippen LogP contribution < -0.4 is 4.74 Å². The number of phenols is 1. The molecule has 0 amide bonds. The molecule has 1 aliphatic heterocycles. The molecule has 98 valence electrons. The Morgan fingerprint density at radius 3 is 2.78 bits per heavy atom. The zero-order chi connectivity index (χ0) is 13.3. The lowest BCUT2D eigenvalue weighted by Gasteiger charge is -2.17. The highest BCUT2D eigenvalue weighted by molar-refractivity contribution is 5.86. The summed E-state index contributed by atoms with van der Waals surface area (Å²) in [5, 5.41) is 22.1. The molecule has 0 spiro atoms. The summed E-state index contributed by atoms with van der Waals surface area (Å²) in [6.45, 7) is 5.94. The van der Waals surface area contributed by atoms with Gasteiger partial charge in [0.2, 0.25) is 0 Å². The molecule has 1 heterocycles. The van der Waals surface area contributed by atoms with Crippen molar-refractivity contribution in [1.29, 1.82) is 0 Å². The first kappa shape index (κ1) is 12.7. The fourth-order valence-electron chi connectivity index (χ4n) is 2.33. The maximum absolute atomic E-state index is 9.98. The minimum atomic E-state index is -0.267. The molecule has 1 aromatic carbocycles. The van der Waals surface area contributed by atoms with E-state index in [0.717, 1.165) is 17.5 Å². The van der Waals surface area contributed by atoms with Crippen LogP contribution >= 0.6 is 0 Å². The number of phenolic OH excluding ortho intramolecular Hbond substituents is 1. The summed E-state index contributed by atoms with van der Waals surface area (Å²) >= 11 is 0. The molecule has 2 rings (SSSR count). The number of hydrogen-bond donors (Lipinski definition) is 2. The lowest BCUT2D eigenvalue weighted by atomic mass is 9.98. The smallest absolute Gasteiger partial charge is 0.165 e. The van der Waals surface area contributed by atoms with Crippen molar-refractivity contribution < 1.29 is 15.1 Å². The number of aromatic hydroxyl groups is 1. The molecular weight excluding hydrogens is 230 g/mol. The van der Waals surface area contributed by atoms with Crippen LogP contribution in [0.1, 0.15) is 38.3 Å². The van der Waals surface area contributed by atoms with Crippen molar-refractivity contribution in [2.75, 3.05) is 0 Å². The van der Waals surface area contributed by atoms with Crippen LogP contribution in [-0.4, -0.2) is 21.6 Å². The molecule has 0 unspecified atom stereocenters. The van der Waals surface area contributed by atoms with E-state index in [1.807, 2.05) is 26.8 Å². The second kappa shape index (κ2) is 4.52. The van der Waals surface area contributed by atoms with Gasteiger partial charge in [-0.15, -0.1) is 0 Å². The Hall–Kier alpha value is -1.71. The molecule has 0 radical (unpaired) electrons. The Balaban J connectivity index is 2.30. The maximum atomic E-state index is 9.98. The van der Waals surface area contributed by atoms with Crippen molar-refractivity contribution in [2.45, 2.75) is 45.6 Å². The Kier molecular flexibility index (Phi) is 3.20. The van der Waals surface area contributed by atoms with Gasteiger partial charge in [0.15, 0.2) is 11.5 Å². The predicted octanol–water partition coefficient (Wildman–Crippen LogP) is 2.89. The number of rotatable bonds is 3. The number of fused-ring (bicyclic) bond motifs is 1. The summed E-state index contributed by atoms with van der Waals surface area (Å²) < 4.78 is 5.71. The summed E-state index contributed by atoms with van der Waals surface area (Å²) in [6.07, 6.45) is 2.02. The average molecular weight is 249 g/mol. The molecule has 4 heteroatoms. The second-order valence-corrected chi connectivity index (χ2v) is 5.34. The molecule has 0 atom stereocenters. The van der Waals surface area contributed by atoms with E-state index in [0.29, 0.717) is 24.3 Å². The van der Waals surface area contributed by atoms with Crippen LogP contribution in [0.15, 0.2) is 17.3 Å². The lowest BCUT2D eigenvalue weighted by molar-refractivity contribution is 0.134. The van der Waals surface area contributed by atoms with E-state index in [-0.39, 0.29) is 11.4 Å². The Morgan fingerprint density at radius 2 is 2.17 bits per heavy atom. The van der Waals surface area contributed by atoms with E-state index in [1.165, 1.54) is 0 Å². The van der Waals surface area contributed by atoms with Crippen LogP contribution in [0.4, 0.5) is 0 Å². The van der Waals surface area contributed by atoms with Gasteiger partial charge in [0.05, 0.1) is 5.71 Å². The summed E-state index contributed by atoms with van der Waals surface area (Å²) in [5.41, 5.74) is 2.40. The van der Waals surface area contributed by atoms with Crippen molar-refractivity contribution >= 4 is 5.71 Å². The van der Waals surface area contributed by atoms with Crippen LogP contribution in [0.3, 0.4) is 0 Å². The molecule has 0 fully saturated rings. The van der Waals surface area contributed by atoms with Gasteiger partial charge in [-0.2, -0.15) is 0 Å². The van der Waals surface area contributed by atoms with Crippen LogP contribution in [-0.2, 0) is 12.8 Å². The van der Waals surface area contributed by atoms with Gasteiger partial charge in [0, 0.05) is 18.4 Å². The third-order valence-corrected chi connectivity index (χ3v) is 3.16. The van der Waals surface area contributed by atoms with Crippen molar-refractivity contribution in [3.8, 4) is 11.5 Å². The molecule has 18 heavy (non-hydrogen) atoms. The van der Waals surface area contributed by atoms with E-state index < -0.39 is 0 Å². The van der Waals surface area contributed by atoms with E-state index in [2.05, 4.69) is 5.16 Å². The molecular formula is C14H19NO3. The number of nitrogens with zero attached hydrogens (tertiary/aromatic N) is 1. The molecule has 0 saturated heterocycles. The van der Waals surface area contributed by atoms with Gasteiger partial charge in [-0.3, -0.25) is 0 Å². The minimum Gasteiger partial charge on any atom is -0.504 e. The molecule has 0 saturated carbocycles.